The Balaban J connectivity index is 2.30. The summed E-state index contributed by atoms with van der Waals surface area (Å²) in [6, 6.07) is 9.76. The van der Waals surface area contributed by atoms with E-state index in [0.717, 1.165) is 5.56 Å². The van der Waals surface area contributed by atoms with Crippen LogP contribution in [0, 0.1) is 0 Å². The summed E-state index contributed by atoms with van der Waals surface area (Å²) in [5, 5.41) is 0. The van der Waals surface area contributed by atoms with E-state index in [1.807, 2.05) is 30.3 Å². The van der Waals surface area contributed by atoms with Gasteiger partial charge < -0.3 is 5.73 Å². The average Bonchev–Trinajstić information content (AvgIpc) is 2.41. The summed E-state index contributed by atoms with van der Waals surface area (Å²) in [6.07, 6.45) is 0. The van der Waals surface area contributed by atoms with Crippen molar-refractivity contribution in [3.63, 3.8) is 0 Å². The summed E-state index contributed by atoms with van der Waals surface area (Å²) in [4.78, 5) is 0. The van der Waals surface area contributed by atoms with E-state index >= 15 is 0 Å². The molecular formula is C10H14NO2S+. The van der Waals surface area contributed by atoms with E-state index in [2.05, 4.69) is 5.73 Å². The van der Waals surface area contributed by atoms with Crippen LogP contribution in [0.4, 0.5) is 0 Å². The van der Waals surface area contributed by atoms with Crippen molar-refractivity contribution in [1.29, 1.82) is 0 Å². The maximum Gasteiger partial charge on any atom is 0.156 e. The summed E-state index contributed by atoms with van der Waals surface area (Å²) in [7, 11) is -2.86. The Hall–Kier alpha value is -0.870. The molecule has 2 atom stereocenters. The summed E-state index contributed by atoms with van der Waals surface area (Å²) in [6.45, 7) is 0. The van der Waals surface area contributed by atoms with Crippen LogP contribution in [0.3, 0.4) is 0 Å². The van der Waals surface area contributed by atoms with Crippen molar-refractivity contribution in [2.24, 2.45) is 0 Å². The topological polar surface area (TPSA) is 61.8 Å². The van der Waals surface area contributed by atoms with Gasteiger partial charge in [0, 0.05) is 0 Å². The second-order valence-corrected chi connectivity index (χ2v) is 6.01. The molecule has 2 rings (SSSR count). The molecule has 3 N–H and O–H groups in total. The van der Waals surface area contributed by atoms with Crippen LogP contribution in [-0.2, 0) is 9.84 Å². The van der Waals surface area contributed by atoms with Crippen LogP contribution in [0.5, 0.6) is 0 Å². The summed E-state index contributed by atoms with van der Waals surface area (Å²) in [5.74, 6) is 0.568. The third-order valence-electron chi connectivity index (χ3n) is 2.70. The van der Waals surface area contributed by atoms with Gasteiger partial charge in [0.05, 0.1) is 11.7 Å². The van der Waals surface area contributed by atoms with Gasteiger partial charge in [-0.3, -0.25) is 0 Å². The lowest BCUT2D eigenvalue weighted by Gasteiger charge is -2.10. The molecule has 1 heterocycles. The van der Waals surface area contributed by atoms with Crippen molar-refractivity contribution in [2.75, 3.05) is 11.5 Å². The van der Waals surface area contributed by atoms with Crippen molar-refractivity contribution in [1.82, 2.24) is 0 Å². The van der Waals surface area contributed by atoms with Crippen LogP contribution in [-0.4, -0.2) is 26.0 Å². The zero-order valence-corrected chi connectivity index (χ0v) is 8.70. The molecule has 1 saturated heterocycles. The third-order valence-corrected chi connectivity index (χ3v) is 4.50. The average molecular weight is 212 g/mol. The second kappa shape index (κ2) is 3.37. The number of rotatable bonds is 1. The minimum atomic E-state index is -2.86. The lowest BCUT2D eigenvalue weighted by Crippen LogP contribution is -2.63. The quantitative estimate of drug-likeness (QED) is 0.701. The van der Waals surface area contributed by atoms with Crippen molar-refractivity contribution < 1.29 is 14.2 Å². The fourth-order valence-electron chi connectivity index (χ4n) is 1.99. The molecule has 4 heteroatoms. The van der Waals surface area contributed by atoms with Crippen molar-refractivity contribution in [3.05, 3.63) is 35.9 Å². The Labute approximate surface area is 83.9 Å². The van der Waals surface area contributed by atoms with Gasteiger partial charge in [-0.15, -0.1) is 0 Å². The molecule has 0 aliphatic carbocycles. The highest BCUT2D eigenvalue weighted by atomic mass is 32.2. The molecule has 0 bridgehead atoms. The normalized spacial score (nSPS) is 30.4. The number of hydrogen-bond acceptors (Lipinski definition) is 2. The molecule has 0 spiro atoms. The zero-order chi connectivity index (χ0) is 10.2. The van der Waals surface area contributed by atoms with Crippen molar-refractivity contribution in [3.8, 4) is 0 Å². The number of sulfone groups is 1. The lowest BCUT2D eigenvalue weighted by atomic mass is 9.95. The first-order valence-corrected chi connectivity index (χ1v) is 6.49. The zero-order valence-electron chi connectivity index (χ0n) is 7.89. The van der Waals surface area contributed by atoms with E-state index in [4.69, 9.17) is 0 Å². The predicted molar refractivity (Wildman–Crippen MR) is 54.5 cm³/mol. The van der Waals surface area contributed by atoms with Gasteiger partial charge in [-0.2, -0.15) is 0 Å². The molecule has 14 heavy (non-hydrogen) atoms. The smallest absolute Gasteiger partial charge is 0.156 e. The van der Waals surface area contributed by atoms with Gasteiger partial charge in [-0.25, -0.2) is 8.42 Å². The summed E-state index contributed by atoms with van der Waals surface area (Å²) in [5.41, 5.74) is 5.00. The number of benzene rings is 1. The molecule has 76 valence electrons. The maximum atomic E-state index is 11.4. The van der Waals surface area contributed by atoms with E-state index in [1.165, 1.54) is 0 Å². The highest BCUT2D eigenvalue weighted by molar-refractivity contribution is 7.91. The first-order valence-electron chi connectivity index (χ1n) is 4.67. The van der Waals surface area contributed by atoms with E-state index in [1.54, 1.807) is 0 Å². The van der Waals surface area contributed by atoms with Crippen molar-refractivity contribution in [2.45, 2.75) is 12.0 Å². The van der Waals surface area contributed by atoms with Gasteiger partial charge in [0.25, 0.3) is 0 Å². The van der Waals surface area contributed by atoms with Crippen LogP contribution in [0.15, 0.2) is 30.3 Å². The van der Waals surface area contributed by atoms with E-state index in [9.17, 15) is 8.42 Å². The predicted octanol–water partition coefficient (Wildman–Crippen LogP) is -0.191. The molecule has 1 fully saturated rings. The van der Waals surface area contributed by atoms with Gasteiger partial charge >= 0.3 is 0 Å². The molecule has 0 amide bonds. The Bertz CT molecular complexity index is 413. The molecule has 1 aliphatic heterocycles. The van der Waals surface area contributed by atoms with Crippen LogP contribution >= 0.6 is 0 Å². The first kappa shape index (κ1) is 9.68. The molecule has 0 radical (unpaired) electrons. The van der Waals surface area contributed by atoms with Gasteiger partial charge in [0.1, 0.15) is 11.8 Å². The van der Waals surface area contributed by atoms with Crippen LogP contribution < -0.4 is 5.73 Å². The van der Waals surface area contributed by atoms with E-state index in [0.29, 0.717) is 0 Å². The third kappa shape index (κ3) is 1.81. The molecule has 0 aromatic heterocycles. The second-order valence-electron chi connectivity index (χ2n) is 3.85. The lowest BCUT2D eigenvalue weighted by molar-refractivity contribution is -0.415. The largest absolute Gasteiger partial charge is 0.354 e. The van der Waals surface area contributed by atoms with Gasteiger partial charge in [-0.1, -0.05) is 30.3 Å². The molecule has 0 unspecified atom stereocenters. The maximum absolute atomic E-state index is 11.4. The standard InChI is InChI=1S/C10H13NO2S/c11-10-7-14(12,13)6-9(10)8-4-2-1-3-5-8/h1-5,9-10H,6-7,11H2/p+1/t9-,10-/m1/s1. The van der Waals surface area contributed by atoms with Gasteiger partial charge in [0.2, 0.25) is 0 Å². The molecule has 1 aliphatic rings. The molecule has 1 aromatic rings. The van der Waals surface area contributed by atoms with E-state index in [-0.39, 0.29) is 23.5 Å². The van der Waals surface area contributed by atoms with Crippen LogP contribution in [0.25, 0.3) is 0 Å². The molecule has 3 nitrogen and oxygen atoms in total. The monoisotopic (exact) mass is 212 g/mol. The highest BCUT2D eigenvalue weighted by Gasteiger charge is 2.38. The fraction of sp³-hybridized carbons (Fsp3) is 0.400. The molecular weight excluding hydrogens is 198 g/mol. The van der Waals surface area contributed by atoms with Crippen LogP contribution in [0.2, 0.25) is 0 Å². The Kier molecular flexibility index (Phi) is 2.33. The Morgan fingerprint density at radius 1 is 1.14 bits per heavy atom. The fourth-order valence-corrected chi connectivity index (χ4v) is 4.02. The number of quaternary nitrogens is 1. The Morgan fingerprint density at radius 2 is 1.79 bits per heavy atom. The molecule has 0 saturated carbocycles. The Morgan fingerprint density at radius 3 is 2.29 bits per heavy atom. The minimum absolute atomic E-state index is 0.00222. The van der Waals surface area contributed by atoms with E-state index < -0.39 is 9.84 Å². The number of hydrogen-bond donors (Lipinski definition) is 1. The molecule has 1 aromatic carbocycles. The van der Waals surface area contributed by atoms with Crippen molar-refractivity contribution >= 4 is 9.84 Å². The summed E-state index contributed by atoms with van der Waals surface area (Å²) >= 11 is 0. The summed E-state index contributed by atoms with van der Waals surface area (Å²) < 4.78 is 22.8. The van der Waals surface area contributed by atoms with Gasteiger partial charge in [-0.05, 0) is 5.56 Å². The van der Waals surface area contributed by atoms with Gasteiger partial charge in [0.15, 0.2) is 9.84 Å². The highest BCUT2D eigenvalue weighted by Crippen LogP contribution is 2.26. The minimum Gasteiger partial charge on any atom is -0.354 e. The van der Waals surface area contributed by atoms with Crippen LogP contribution in [0.1, 0.15) is 11.5 Å². The first-order chi connectivity index (χ1) is 6.58. The SMILES string of the molecule is [NH3+][C@@H]1CS(=O)(=O)C[C@@H]1c1ccccc1.